The van der Waals surface area contributed by atoms with E-state index in [1.54, 1.807) is 0 Å². The molecular formula is C10H22NO2Si. The third-order valence-electron chi connectivity index (χ3n) is 1.86. The summed E-state index contributed by atoms with van der Waals surface area (Å²) < 4.78 is 5.29. The van der Waals surface area contributed by atoms with Crippen LogP contribution in [0.15, 0.2) is 0 Å². The summed E-state index contributed by atoms with van der Waals surface area (Å²) in [6.45, 7) is 4.89. The fraction of sp³-hybridized carbons (Fsp3) is 1.00. The number of ether oxygens (including phenoxy) is 1. The second-order valence-electron chi connectivity index (χ2n) is 3.39. The Morgan fingerprint density at radius 2 is 2.21 bits per heavy atom. The van der Waals surface area contributed by atoms with E-state index in [4.69, 9.17) is 4.74 Å². The van der Waals surface area contributed by atoms with E-state index in [0.717, 1.165) is 38.5 Å². The molecule has 0 aliphatic rings. The molecule has 0 bridgehead atoms. The van der Waals surface area contributed by atoms with Gasteiger partial charge in [0.05, 0.1) is 12.7 Å². The van der Waals surface area contributed by atoms with E-state index in [-0.39, 0.29) is 6.10 Å². The van der Waals surface area contributed by atoms with Gasteiger partial charge in [0, 0.05) is 23.4 Å². The van der Waals surface area contributed by atoms with Gasteiger partial charge < -0.3 is 15.2 Å². The molecule has 1 atom stereocenters. The predicted molar refractivity (Wildman–Crippen MR) is 59.8 cm³/mol. The van der Waals surface area contributed by atoms with Crippen molar-refractivity contribution in [3.05, 3.63) is 0 Å². The molecule has 3 radical (unpaired) electrons. The maximum atomic E-state index is 9.45. The molecule has 0 rings (SSSR count). The molecule has 0 fully saturated rings. The Morgan fingerprint density at radius 1 is 1.43 bits per heavy atom. The largest absolute Gasteiger partial charge is 0.389 e. The highest BCUT2D eigenvalue weighted by Gasteiger charge is 2.02. The molecule has 4 heteroatoms. The number of unbranched alkanes of at least 4 members (excludes halogenated alkanes) is 1. The number of rotatable bonds is 10. The van der Waals surface area contributed by atoms with E-state index >= 15 is 0 Å². The van der Waals surface area contributed by atoms with E-state index < -0.39 is 0 Å². The molecule has 0 aliphatic carbocycles. The molecule has 0 heterocycles. The average Bonchev–Trinajstić information content (AvgIpc) is 2.19. The lowest BCUT2D eigenvalue weighted by Crippen LogP contribution is -2.31. The second kappa shape index (κ2) is 11.2. The molecule has 0 aromatic carbocycles. The lowest BCUT2D eigenvalue weighted by molar-refractivity contribution is 0.0360. The molecule has 14 heavy (non-hydrogen) atoms. The lowest BCUT2D eigenvalue weighted by Gasteiger charge is -2.11. The zero-order valence-electron chi connectivity index (χ0n) is 9.09. The minimum absolute atomic E-state index is 0.374. The van der Waals surface area contributed by atoms with Crippen LogP contribution in [0.5, 0.6) is 0 Å². The van der Waals surface area contributed by atoms with Crippen LogP contribution in [-0.4, -0.2) is 47.8 Å². The Labute approximate surface area is 90.7 Å². The van der Waals surface area contributed by atoms with E-state index in [1.165, 1.54) is 0 Å². The first-order chi connectivity index (χ1) is 6.81. The number of nitrogens with one attached hydrogen (secondary N) is 1. The summed E-state index contributed by atoms with van der Waals surface area (Å²) in [5, 5.41) is 12.6. The van der Waals surface area contributed by atoms with Crippen molar-refractivity contribution in [2.24, 2.45) is 0 Å². The summed E-state index contributed by atoms with van der Waals surface area (Å²) in [6.07, 6.45) is 2.92. The summed E-state index contributed by atoms with van der Waals surface area (Å²) in [6, 6.07) is 0.996. The summed E-state index contributed by atoms with van der Waals surface area (Å²) in [5.41, 5.74) is 0. The number of aliphatic hydroxyl groups is 1. The highest BCUT2D eigenvalue weighted by Crippen LogP contribution is 1.90. The predicted octanol–water partition coefficient (Wildman–Crippen LogP) is 0.730. The van der Waals surface area contributed by atoms with Gasteiger partial charge in [-0.3, -0.25) is 0 Å². The van der Waals surface area contributed by atoms with Gasteiger partial charge in [0.2, 0.25) is 0 Å². The third-order valence-corrected chi connectivity index (χ3v) is 2.22. The van der Waals surface area contributed by atoms with Crippen LogP contribution in [0, 0.1) is 0 Å². The van der Waals surface area contributed by atoms with Crippen molar-refractivity contribution in [3.8, 4) is 0 Å². The Morgan fingerprint density at radius 3 is 2.86 bits per heavy atom. The van der Waals surface area contributed by atoms with Gasteiger partial charge in [-0.25, -0.2) is 0 Å². The average molecular weight is 216 g/mol. The Bertz CT molecular complexity index is 102. The van der Waals surface area contributed by atoms with Crippen molar-refractivity contribution < 1.29 is 9.84 Å². The Hall–Kier alpha value is 0.0969. The van der Waals surface area contributed by atoms with Crippen molar-refractivity contribution in [1.29, 1.82) is 0 Å². The molecule has 0 saturated carbocycles. The van der Waals surface area contributed by atoms with Crippen molar-refractivity contribution in [3.63, 3.8) is 0 Å². The van der Waals surface area contributed by atoms with Crippen LogP contribution in [0.25, 0.3) is 0 Å². The van der Waals surface area contributed by atoms with Crippen molar-refractivity contribution in [2.45, 2.75) is 38.3 Å². The SMILES string of the molecule is CCCCOCC(O)CNCCC[Si]. The summed E-state index contributed by atoms with van der Waals surface area (Å²) >= 11 is 0. The van der Waals surface area contributed by atoms with Gasteiger partial charge in [0.1, 0.15) is 0 Å². The molecule has 83 valence electrons. The first kappa shape index (κ1) is 14.1. The van der Waals surface area contributed by atoms with Gasteiger partial charge >= 0.3 is 0 Å². The lowest BCUT2D eigenvalue weighted by atomic mass is 10.3. The first-order valence-electron chi connectivity index (χ1n) is 5.42. The van der Waals surface area contributed by atoms with Gasteiger partial charge in [-0.1, -0.05) is 19.4 Å². The van der Waals surface area contributed by atoms with Crippen LogP contribution in [0.2, 0.25) is 6.04 Å². The summed E-state index contributed by atoms with van der Waals surface area (Å²) in [5.74, 6) is 0. The maximum absolute atomic E-state index is 9.45. The third kappa shape index (κ3) is 10.2. The maximum Gasteiger partial charge on any atom is 0.0897 e. The molecule has 0 aromatic rings. The fourth-order valence-electron chi connectivity index (χ4n) is 1.01. The van der Waals surface area contributed by atoms with Crippen LogP contribution in [0.4, 0.5) is 0 Å². The molecule has 1 unspecified atom stereocenters. The van der Waals surface area contributed by atoms with Crippen LogP contribution in [0.3, 0.4) is 0 Å². The highest BCUT2D eigenvalue weighted by molar-refractivity contribution is 6.08. The van der Waals surface area contributed by atoms with E-state index in [0.29, 0.717) is 13.2 Å². The highest BCUT2D eigenvalue weighted by atomic mass is 28.1. The number of hydrogen-bond acceptors (Lipinski definition) is 3. The van der Waals surface area contributed by atoms with Gasteiger partial charge in [-0.05, 0) is 19.4 Å². The van der Waals surface area contributed by atoms with E-state index in [1.807, 2.05) is 0 Å². The van der Waals surface area contributed by atoms with Crippen molar-refractivity contribution >= 4 is 10.2 Å². The molecule has 0 aromatic heterocycles. The Kier molecular flexibility index (Phi) is 11.3. The Balaban J connectivity index is 3.07. The molecule has 0 spiro atoms. The zero-order chi connectivity index (χ0) is 10.6. The van der Waals surface area contributed by atoms with Crippen molar-refractivity contribution in [1.82, 2.24) is 5.32 Å². The first-order valence-corrected chi connectivity index (χ1v) is 6.13. The van der Waals surface area contributed by atoms with E-state index in [9.17, 15) is 5.11 Å². The quantitative estimate of drug-likeness (QED) is 0.418. The van der Waals surface area contributed by atoms with Crippen LogP contribution in [0.1, 0.15) is 26.2 Å². The van der Waals surface area contributed by atoms with Crippen LogP contribution in [-0.2, 0) is 4.74 Å². The molecule has 3 nitrogen and oxygen atoms in total. The molecule has 0 aliphatic heterocycles. The topological polar surface area (TPSA) is 41.5 Å². The monoisotopic (exact) mass is 216 g/mol. The van der Waals surface area contributed by atoms with Gasteiger partial charge in [-0.15, -0.1) is 0 Å². The zero-order valence-corrected chi connectivity index (χ0v) is 10.1. The number of aliphatic hydroxyl groups excluding tert-OH is 1. The van der Waals surface area contributed by atoms with Gasteiger partial charge in [0.15, 0.2) is 0 Å². The van der Waals surface area contributed by atoms with E-state index in [2.05, 4.69) is 22.5 Å². The van der Waals surface area contributed by atoms with Gasteiger partial charge in [0.25, 0.3) is 0 Å². The normalized spacial score (nSPS) is 13.1. The minimum Gasteiger partial charge on any atom is -0.389 e. The number of hydrogen-bond donors (Lipinski definition) is 2. The molecule has 0 amide bonds. The fourth-order valence-corrected chi connectivity index (χ4v) is 1.18. The summed E-state index contributed by atoms with van der Waals surface area (Å²) in [7, 11) is 3.39. The molecular weight excluding hydrogens is 194 g/mol. The van der Waals surface area contributed by atoms with Crippen LogP contribution < -0.4 is 5.32 Å². The minimum atomic E-state index is -0.374. The molecule has 0 saturated heterocycles. The molecule has 2 N–H and O–H groups in total. The standard InChI is InChI=1S/C10H22NO2Si/c1-2-3-6-13-9-10(12)8-11-5-4-7-14/h10-12H,2-9H2,1H3. The van der Waals surface area contributed by atoms with Crippen LogP contribution >= 0.6 is 0 Å². The summed E-state index contributed by atoms with van der Waals surface area (Å²) in [4.78, 5) is 0. The second-order valence-corrected chi connectivity index (χ2v) is 3.89. The smallest absolute Gasteiger partial charge is 0.0897 e. The van der Waals surface area contributed by atoms with Gasteiger partial charge in [-0.2, -0.15) is 0 Å². The van der Waals surface area contributed by atoms with Crippen molar-refractivity contribution in [2.75, 3.05) is 26.3 Å².